The maximum atomic E-state index is 12.1. The van der Waals surface area contributed by atoms with Gasteiger partial charge in [0.15, 0.2) is 0 Å². The van der Waals surface area contributed by atoms with E-state index in [4.69, 9.17) is 15.2 Å². The molecule has 2 aromatic rings. The van der Waals surface area contributed by atoms with E-state index in [-0.39, 0.29) is 12.5 Å². The topological polar surface area (TPSA) is 120 Å². The van der Waals surface area contributed by atoms with Crippen LogP contribution in [0.1, 0.15) is 10.6 Å². The Labute approximate surface area is 149 Å². The Morgan fingerprint density at radius 3 is 2.80 bits per heavy atom. The highest BCUT2D eigenvalue weighted by Crippen LogP contribution is 2.20. The largest absolute Gasteiger partial charge is 0.497 e. The first-order chi connectivity index (χ1) is 12.0. The number of methoxy groups -OCH3 is 1. The number of benzene rings is 1. The van der Waals surface area contributed by atoms with Gasteiger partial charge in [-0.15, -0.1) is 10.2 Å². The number of aliphatic hydroxyl groups excluding tert-OH is 1. The molecule has 1 fully saturated rings. The van der Waals surface area contributed by atoms with Crippen LogP contribution in [0.25, 0.3) is 0 Å². The van der Waals surface area contributed by atoms with Crippen LogP contribution in [0.5, 0.6) is 5.75 Å². The Morgan fingerprint density at radius 2 is 2.16 bits per heavy atom. The van der Waals surface area contributed by atoms with Crippen LogP contribution in [0, 0.1) is 0 Å². The molecule has 0 radical (unpaired) electrons. The smallest absolute Gasteiger partial charge is 0.313 e. The second kappa shape index (κ2) is 7.77. The van der Waals surface area contributed by atoms with Gasteiger partial charge in [-0.3, -0.25) is 4.79 Å². The van der Waals surface area contributed by atoms with E-state index < -0.39 is 18.2 Å². The Morgan fingerprint density at radius 1 is 1.40 bits per heavy atom. The summed E-state index contributed by atoms with van der Waals surface area (Å²) in [6.07, 6.45) is -0.732. The zero-order valence-corrected chi connectivity index (χ0v) is 14.5. The zero-order chi connectivity index (χ0) is 17.8. The van der Waals surface area contributed by atoms with Crippen molar-refractivity contribution >= 4 is 22.4 Å². The molecule has 0 amide bonds. The number of nitrogens with one attached hydrogen (secondary N) is 1. The third kappa shape index (κ3) is 4.44. The lowest BCUT2D eigenvalue weighted by atomic mass is 10.0. The highest BCUT2D eigenvalue weighted by atomic mass is 32.1. The lowest BCUT2D eigenvalue weighted by Crippen LogP contribution is -2.39. The molecule has 0 unspecified atom stereocenters. The van der Waals surface area contributed by atoms with Crippen LogP contribution in [0.3, 0.4) is 0 Å². The van der Waals surface area contributed by atoms with Gasteiger partial charge in [0, 0.05) is 6.54 Å². The van der Waals surface area contributed by atoms with Crippen molar-refractivity contribution in [3.8, 4) is 5.75 Å². The predicted molar refractivity (Wildman–Crippen MR) is 92.4 cm³/mol. The summed E-state index contributed by atoms with van der Waals surface area (Å²) in [5.74, 6) is 0.325. The summed E-state index contributed by atoms with van der Waals surface area (Å²) in [6, 6.07) is 7.50. The molecule has 3 atom stereocenters. The first-order valence-corrected chi connectivity index (χ1v) is 8.68. The van der Waals surface area contributed by atoms with Crippen molar-refractivity contribution in [3.63, 3.8) is 0 Å². The summed E-state index contributed by atoms with van der Waals surface area (Å²) in [5, 5.41) is 21.6. The van der Waals surface area contributed by atoms with Gasteiger partial charge in [-0.05, 0) is 24.1 Å². The molecule has 9 heteroatoms. The van der Waals surface area contributed by atoms with E-state index in [1.165, 1.54) is 0 Å². The molecule has 1 aliphatic rings. The maximum absolute atomic E-state index is 12.1. The third-order valence-electron chi connectivity index (χ3n) is 4.03. The van der Waals surface area contributed by atoms with Crippen molar-refractivity contribution in [1.29, 1.82) is 0 Å². The molecule has 3 rings (SSSR count). The summed E-state index contributed by atoms with van der Waals surface area (Å²) >= 11 is 1.15. The molecule has 2 heterocycles. The average molecular weight is 364 g/mol. The van der Waals surface area contributed by atoms with Crippen molar-refractivity contribution < 1.29 is 19.4 Å². The number of ether oxygens (including phenoxy) is 2. The number of carbonyl (C=O) groups is 1. The third-order valence-corrected chi connectivity index (χ3v) is 4.78. The van der Waals surface area contributed by atoms with Crippen molar-refractivity contribution in [3.05, 3.63) is 34.8 Å². The predicted octanol–water partition coefficient (Wildman–Crippen LogP) is 0.159. The van der Waals surface area contributed by atoms with Gasteiger partial charge in [-0.2, -0.15) is 0 Å². The Bertz CT molecular complexity index is 721. The minimum Gasteiger partial charge on any atom is -0.497 e. The van der Waals surface area contributed by atoms with Gasteiger partial charge >= 0.3 is 5.97 Å². The fourth-order valence-corrected chi connectivity index (χ4v) is 3.39. The second-order valence-corrected chi connectivity index (χ2v) is 6.89. The van der Waals surface area contributed by atoms with Crippen LogP contribution in [-0.2, 0) is 22.4 Å². The van der Waals surface area contributed by atoms with Gasteiger partial charge in [-0.1, -0.05) is 23.5 Å². The quantitative estimate of drug-likeness (QED) is 0.620. The van der Waals surface area contributed by atoms with E-state index in [9.17, 15) is 9.90 Å². The number of nitrogen functional groups attached to an aromatic ring is 1. The van der Waals surface area contributed by atoms with E-state index in [1.807, 2.05) is 24.3 Å². The van der Waals surface area contributed by atoms with Crippen LogP contribution in [0.4, 0.5) is 5.13 Å². The molecule has 1 aromatic heterocycles. The van der Waals surface area contributed by atoms with Crippen LogP contribution in [0.2, 0.25) is 0 Å². The minimum atomic E-state index is -0.744. The number of aromatic nitrogens is 2. The van der Waals surface area contributed by atoms with Gasteiger partial charge in [0.25, 0.3) is 0 Å². The molecule has 25 heavy (non-hydrogen) atoms. The normalized spacial score (nSPS) is 22.7. The van der Waals surface area contributed by atoms with E-state index >= 15 is 0 Å². The number of rotatable bonds is 6. The maximum Gasteiger partial charge on any atom is 0.313 e. The summed E-state index contributed by atoms with van der Waals surface area (Å²) in [7, 11) is 1.62. The minimum absolute atomic E-state index is 0.00660. The van der Waals surface area contributed by atoms with Crippen molar-refractivity contribution in [1.82, 2.24) is 15.5 Å². The molecular formula is C16H20N4O4S. The summed E-state index contributed by atoms with van der Waals surface area (Å²) in [4.78, 5) is 12.1. The van der Waals surface area contributed by atoms with Crippen molar-refractivity contribution in [2.75, 3.05) is 19.4 Å². The van der Waals surface area contributed by atoms with Gasteiger partial charge in [0.1, 0.15) is 23.0 Å². The van der Waals surface area contributed by atoms with E-state index in [1.54, 1.807) is 7.11 Å². The highest BCUT2D eigenvalue weighted by molar-refractivity contribution is 7.15. The monoisotopic (exact) mass is 364 g/mol. The Kier molecular flexibility index (Phi) is 5.47. The van der Waals surface area contributed by atoms with Crippen molar-refractivity contribution in [2.45, 2.75) is 31.1 Å². The zero-order valence-electron chi connectivity index (χ0n) is 13.7. The number of esters is 1. The fourth-order valence-electron chi connectivity index (χ4n) is 2.79. The van der Waals surface area contributed by atoms with E-state index in [0.29, 0.717) is 23.1 Å². The summed E-state index contributed by atoms with van der Waals surface area (Å²) in [5.41, 5.74) is 6.56. The van der Waals surface area contributed by atoms with E-state index in [2.05, 4.69) is 15.5 Å². The summed E-state index contributed by atoms with van der Waals surface area (Å²) < 4.78 is 10.6. The number of hydrogen-bond acceptors (Lipinski definition) is 9. The SMILES string of the molecule is COc1ccc(C[C@H]2NC[C@H](O)[C@H]2OC(=O)Cc2nnc(N)s2)cc1. The van der Waals surface area contributed by atoms with Crippen molar-refractivity contribution in [2.24, 2.45) is 0 Å². The van der Waals surface area contributed by atoms with Gasteiger partial charge in [-0.25, -0.2) is 0 Å². The standard InChI is InChI=1S/C16H20N4O4S/c1-23-10-4-2-9(3-5-10)6-11-15(12(21)8-18-11)24-14(22)7-13-19-20-16(17)25-13/h2-5,11-12,15,18,21H,6-8H2,1H3,(H2,17,20)/t11-,12+,15+/m1/s1. The molecule has 4 N–H and O–H groups in total. The number of β-amino-alcohol motifs (C(OH)–C–C–N with tert-alkyl or cyclic N) is 1. The lowest BCUT2D eigenvalue weighted by Gasteiger charge is -2.22. The molecule has 8 nitrogen and oxygen atoms in total. The number of anilines is 1. The van der Waals surface area contributed by atoms with Crippen LogP contribution in [0.15, 0.2) is 24.3 Å². The van der Waals surface area contributed by atoms with Gasteiger partial charge in [0.05, 0.1) is 19.6 Å². The van der Waals surface area contributed by atoms with Crippen LogP contribution in [-0.4, -0.2) is 53.2 Å². The van der Waals surface area contributed by atoms with Gasteiger partial charge < -0.3 is 25.6 Å². The van der Waals surface area contributed by atoms with E-state index in [0.717, 1.165) is 22.6 Å². The number of hydrogen-bond donors (Lipinski definition) is 3. The molecule has 0 saturated carbocycles. The Balaban J connectivity index is 1.60. The van der Waals surface area contributed by atoms with Gasteiger partial charge in [0.2, 0.25) is 5.13 Å². The Hall–Kier alpha value is -2.23. The molecule has 134 valence electrons. The molecule has 0 aliphatic carbocycles. The highest BCUT2D eigenvalue weighted by Gasteiger charge is 2.37. The molecule has 1 aromatic carbocycles. The first-order valence-electron chi connectivity index (χ1n) is 7.87. The number of aliphatic hydroxyl groups is 1. The summed E-state index contributed by atoms with van der Waals surface area (Å²) in [6.45, 7) is 0.379. The second-order valence-electron chi connectivity index (χ2n) is 5.80. The number of nitrogens with two attached hydrogens (primary N) is 1. The van der Waals surface area contributed by atoms with Crippen LogP contribution >= 0.6 is 11.3 Å². The molecular weight excluding hydrogens is 344 g/mol. The molecule has 1 aliphatic heterocycles. The average Bonchev–Trinajstić information content (AvgIpc) is 3.15. The lowest BCUT2D eigenvalue weighted by molar-refractivity contribution is -0.153. The van der Waals surface area contributed by atoms with Crippen LogP contribution < -0.4 is 15.8 Å². The molecule has 0 spiro atoms. The molecule has 1 saturated heterocycles. The molecule has 0 bridgehead atoms. The fraction of sp³-hybridized carbons (Fsp3) is 0.438. The first kappa shape index (κ1) is 17.6. The number of carbonyl (C=O) groups excluding carboxylic acids is 1. The number of nitrogens with zero attached hydrogens (tertiary/aromatic N) is 2.